The lowest BCUT2D eigenvalue weighted by atomic mass is 10.2. The summed E-state index contributed by atoms with van der Waals surface area (Å²) in [5.41, 5.74) is 0.417. The Bertz CT molecular complexity index is 483. The Kier molecular flexibility index (Phi) is 4.94. The molecule has 0 aliphatic carbocycles. The van der Waals surface area contributed by atoms with Crippen molar-refractivity contribution in [3.8, 4) is 0 Å². The quantitative estimate of drug-likeness (QED) is 0.894. The third-order valence-electron chi connectivity index (χ3n) is 2.53. The zero-order valence-electron chi connectivity index (χ0n) is 9.85. The molecule has 0 saturated heterocycles. The summed E-state index contributed by atoms with van der Waals surface area (Å²) in [5, 5.41) is 9.44. The van der Waals surface area contributed by atoms with Crippen LogP contribution in [0.4, 0.5) is 0 Å². The first-order chi connectivity index (χ1) is 7.97. The number of halogens is 1. The maximum Gasteiger partial charge on any atom is 0.243 e. The second kappa shape index (κ2) is 5.82. The first-order valence-electron chi connectivity index (χ1n) is 5.36. The van der Waals surface area contributed by atoms with Crippen molar-refractivity contribution in [2.24, 2.45) is 0 Å². The van der Waals surface area contributed by atoms with Crippen molar-refractivity contribution in [3.05, 3.63) is 28.8 Å². The summed E-state index contributed by atoms with van der Waals surface area (Å²) in [7, 11) is -3.49. The Morgan fingerprint density at radius 2 is 1.88 bits per heavy atom. The summed E-state index contributed by atoms with van der Waals surface area (Å²) in [6.45, 7) is 4.11. The van der Waals surface area contributed by atoms with Crippen LogP contribution in [-0.2, 0) is 16.6 Å². The number of aliphatic hydroxyl groups is 1. The van der Waals surface area contributed by atoms with Gasteiger partial charge in [-0.1, -0.05) is 25.4 Å². The summed E-state index contributed by atoms with van der Waals surface area (Å²) >= 11 is 5.83. The third-order valence-corrected chi connectivity index (χ3v) is 4.95. The smallest absolute Gasteiger partial charge is 0.243 e. The molecule has 0 bridgehead atoms. The standard InChI is InChI=1S/C11H16ClNO3S/c1-3-13(4-2)17(15,16)10-5-6-11(12)9(7-10)8-14/h5-7,14H,3-4,8H2,1-2H3. The first kappa shape index (κ1) is 14.4. The van der Waals surface area contributed by atoms with Gasteiger partial charge in [-0.2, -0.15) is 4.31 Å². The fourth-order valence-corrected chi connectivity index (χ4v) is 3.23. The van der Waals surface area contributed by atoms with E-state index in [1.54, 1.807) is 13.8 Å². The van der Waals surface area contributed by atoms with Crippen molar-refractivity contribution < 1.29 is 13.5 Å². The number of rotatable bonds is 5. The molecule has 0 saturated carbocycles. The molecule has 1 aromatic carbocycles. The van der Waals surface area contributed by atoms with Gasteiger partial charge in [0, 0.05) is 18.1 Å². The Balaban J connectivity index is 3.24. The van der Waals surface area contributed by atoms with Crippen molar-refractivity contribution in [3.63, 3.8) is 0 Å². The molecule has 96 valence electrons. The number of aliphatic hydroxyl groups excluding tert-OH is 1. The minimum absolute atomic E-state index is 0.162. The predicted octanol–water partition coefficient (Wildman–Crippen LogP) is 1.86. The van der Waals surface area contributed by atoms with Crippen LogP contribution >= 0.6 is 11.6 Å². The van der Waals surface area contributed by atoms with Gasteiger partial charge in [-0.3, -0.25) is 0 Å². The van der Waals surface area contributed by atoms with Crippen LogP contribution in [0, 0.1) is 0 Å². The average Bonchev–Trinajstić information content (AvgIpc) is 2.30. The van der Waals surface area contributed by atoms with Crippen LogP contribution in [-0.4, -0.2) is 30.9 Å². The van der Waals surface area contributed by atoms with Gasteiger partial charge in [0.2, 0.25) is 10.0 Å². The summed E-state index contributed by atoms with van der Waals surface area (Å²) in [4.78, 5) is 0.162. The van der Waals surface area contributed by atoms with Crippen molar-refractivity contribution in [2.45, 2.75) is 25.3 Å². The zero-order chi connectivity index (χ0) is 13.1. The van der Waals surface area contributed by atoms with E-state index in [4.69, 9.17) is 16.7 Å². The van der Waals surface area contributed by atoms with Crippen molar-refractivity contribution in [2.75, 3.05) is 13.1 Å². The number of nitrogens with zero attached hydrogens (tertiary/aromatic N) is 1. The van der Waals surface area contributed by atoms with Gasteiger partial charge in [-0.25, -0.2) is 8.42 Å². The Morgan fingerprint density at radius 1 is 1.29 bits per heavy atom. The lowest BCUT2D eigenvalue weighted by Crippen LogP contribution is -2.30. The zero-order valence-corrected chi connectivity index (χ0v) is 11.4. The summed E-state index contributed by atoms with van der Waals surface area (Å²) < 4.78 is 25.7. The van der Waals surface area contributed by atoms with Gasteiger partial charge in [0.1, 0.15) is 0 Å². The molecule has 0 atom stereocenters. The molecule has 0 aromatic heterocycles. The molecule has 0 fully saturated rings. The highest BCUT2D eigenvalue weighted by Gasteiger charge is 2.22. The lowest BCUT2D eigenvalue weighted by Gasteiger charge is -2.18. The SMILES string of the molecule is CCN(CC)S(=O)(=O)c1ccc(Cl)c(CO)c1. The second-order valence-electron chi connectivity index (χ2n) is 3.50. The molecule has 17 heavy (non-hydrogen) atoms. The summed E-state index contributed by atoms with van der Waals surface area (Å²) in [6, 6.07) is 4.36. The summed E-state index contributed by atoms with van der Waals surface area (Å²) in [5.74, 6) is 0. The van der Waals surface area contributed by atoms with Gasteiger partial charge in [0.15, 0.2) is 0 Å². The van der Waals surface area contributed by atoms with E-state index in [-0.39, 0.29) is 11.5 Å². The highest BCUT2D eigenvalue weighted by Crippen LogP contribution is 2.22. The molecule has 1 N–H and O–H groups in total. The lowest BCUT2D eigenvalue weighted by molar-refractivity contribution is 0.281. The average molecular weight is 278 g/mol. The minimum Gasteiger partial charge on any atom is -0.392 e. The molecule has 0 spiro atoms. The molecular weight excluding hydrogens is 262 g/mol. The highest BCUT2D eigenvalue weighted by molar-refractivity contribution is 7.89. The molecule has 4 nitrogen and oxygen atoms in total. The molecule has 0 aliphatic heterocycles. The van der Waals surface area contributed by atoms with Crippen LogP contribution < -0.4 is 0 Å². The van der Waals surface area contributed by atoms with Gasteiger partial charge >= 0.3 is 0 Å². The van der Waals surface area contributed by atoms with E-state index in [1.807, 2.05) is 0 Å². The van der Waals surface area contributed by atoms with Gasteiger partial charge in [0.05, 0.1) is 11.5 Å². The highest BCUT2D eigenvalue weighted by atomic mass is 35.5. The molecule has 0 unspecified atom stereocenters. The van der Waals surface area contributed by atoms with Crippen LogP contribution in [0.3, 0.4) is 0 Å². The number of hydrogen-bond acceptors (Lipinski definition) is 3. The van der Waals surface area contributed by atoms with Crippen LogP contribution in [0.2, 0.25) is 5.02 Å². The van der Waals surface area contributed by atoms with Crippen molar-refractivity contribution in [1.82, 2.24) is 4.31 Å². The molecule has 6 heteroatoms. The van der Waals surface area contributed by atoms with Crippen LogP contribution in [0.25, 0.3) is 0 Å². The Labute approximate surface area is 107 Å². The predicted molar refractivity (Wildman–Crippen MR) is 67.5 cm³/mol. The maximum atomic E-state index is 12.2. The second-order valence-corrected chi connectivity index (χ2v) is 5.85. The van der Waals surface area contributed by atoms with Crippen LogP contribution in [0.15, 0.2) is 23.1 Å². The first-order valence-corrected chi connectivity index (χ1v) is 7.18. The van der Waals surface area contributed by atoms with E-state index in [1.165, 1.54) is 22.5 Å². The van der Waals surface area contributed by atoms with Crippen LogP contribution in [0.1, 0.15) is 19.4 Å². The minimum atomic E-state index is -3.49. The van der Waals surface area contributed by atoms with E-state index in [0.29, 0.717) is 23.7 Å². The molecule has 0 amide bonds. The third kappa shape index (κ3) is 2.98. The molecule has 0 heterocycles. The molecule has 0 aliphatic rings. The summed E-state index contributed by atoms with van der Waals surface area (Å²) in [6.07, 6.45) is 0. The monoisotopic (exact) mass is 277 g/mol. The largest absolute Gasteiger partial charge is 0.392 e. The maximum absolute atomic E-state index is 12.2. The van der Waals surface area contributed by atoms with Crippen molar-refractivity contribution in [1.29, 1.82) is 0 Å². The fourth-order valence-electron chi connectivity index (χ4n) is 1.55. The van der Waals surface area contributed by atoms with Gasteiger partial charge < -0.3 is 5.11 Å². The number of hydrogen-bond donors (Lipinski definition) is 1. The normalized spacial score (nSPS) is 12.1. The molecular formula is C11H16ClNO3S. The van der Waals surface area contributed by atoms with Gasteiger partial charge in [-0.15, -0.1) is 0 Å². The van der Waals surface area contributed by atoms with E-state index >= 15 is 0 Å². The Hall–Kier alpha value is -0.620. The van der Waals surface area contributed by atoms with E-state index in [2.05, 4.69) is 0 Å². The number of sulfonamides is 1. The van der Waals surface area contributed by atoms with Gasteiger partial charge in [-0.05, 0) is 23.8 Å². The Morgan fingerprint density at radius 3 is 2.35 bits per heavy atom. The van der Waals surface area contributed by atoms with E-state index in [9.17, 15) is 8.42 Å². The van der Waals surface area contributed by atoms with E-state index in [0.717, 1.165) is 0 Å². The molecule has 1 aromatic rings. The van der Waals surface area contributed by atoms with E-state index < -0.39 is 10.0 Å². The van der Waals surface area contributed by atoms with Gasteiger partial charge in [0.25, 0.3) is 0 Å². The molecule has 0 radical (unpaired) electrons. The van der Waals surface area contributed by atoms with Crippen LogP contribution in [0.5, 0.6) is 0 Å². The fraction of sp³-hybridized carbons (Fsp3) is 0.455. The number of benzene rings is 1. The van der Waals surface area contributed by atoms with Crippen molar-refractivity contribution >= 4 is 21.6 Å². The molecule has 1 rings (SSSR count). The topological polar surface area (TPSA) is 57.6 Å².